The van der Waals surface area contributed by atoms with Crippen molar-refractivity contribution in [3.63, 3.8) is 0 Å². The minimum absolute atomic E-state index is 0.00877. The van der Waals surface area contributed by atoms with E-state index in [-0.39, 0.29) is 18.2 Å². The minimum Gasteiger partial charge on any atom is -0.479 e. The number of aliphatic carboxylic acids is 1. The molecule has 2 unspecified atom stereocenters. The molecule has 0 radical (unpaired) electrons. The van der Waals surface area contributed by atoms with Crippen LogP contribution >= 0.6 is 0 Å². The Bertz CT molecular complexity index is 686. The van der Waals surface area contributed by atoms with Gasteiger partial charge in [-0.3, -0.25) is 9.59 Å². The van der Waals surface area contributed by atoms with E-state index in [2.05, 4.69) is 10.6 Å². The number of hydrogen-bond donors (Lipinski definition) is 3. The molecule has 1 aromatic carbocycles. The molecule has 0 aliphatic heterocycles. The zero-order valence-electron chi connectivity index (χ0n) is 15.0. The molecule has 26 heavy (non-hydrogen) atoms. The van der Waals surface area contributed by atoms with Crippen LogP contribution in [0.2, 0.25) is 0 Å². The molecule has 2 atom stereocenters. The number of aryl methyl sites for hydroxylation is 1. The van der Waals surface area contributed by atoms with E-state index < -0.39 is 29.8 Å². The second kappa shape index (κ2) is 8.78. The zero-order chi connectivity index (χ0) is 19.3. The molecule has 2 rings (SSSR count). The molecule has 2 amide bonds. The highest BCUT2D eigenvalue weighted by Crippen LogP contribution is 2.24. The van der Waals surface area contributed by atoms with Crippen LogP contribution in [0.1, 0.15) is 56.2 Å². The average Bonchev–Trinajstić information content (AvgIpc) is 3.09. The van der Waals surface area contributed by atoms with Gasteiger partial charge in [0.15, 0.2) is 6.04 Å². The maximum absolute atomic E-state index is 13.4. The van der Waals surface area contributed by atoms with Gasteiger partial charge in [-0.15, -0.1) is 0 Å². The van der Waals surface area contributed by atoms with Crippen LogP contribution in [0.25, 0.3) is 0 Å². The molecule has 1 aliphatic carbocycles. The highest BCUT2D eigenvalue weighted by molar-refractivity contribution is 5.85. The lowest BCUT2D eigenvalue weighted by atomic mass is 10.0. The molecule has 0 saturated heterocycles. The number of benzene rings is 1. The number of rotatable bonds is 7. The quantitative estimate of drug-likeness (QED) is 0.692. The van der Waals surface area contributed by atoms with E-state index in [4.69, 9.17) is 0 Å². The number of carboxylic acid groups (broad SMARTS) is 1. The summed E-state index contributed by atoms with van der Waals surface area (Å²) in [6.45, 7) is 3.24. The summed E-state index contributed by atoms with van der Waals surface area (Å²) in [5, 5.41) is 14.6. The summed E-state index contributed by atoms with van der Waals surface area (Å²) in [5.41, 5.74) is 0.604. The molecule has 0 heterocycles. The molecule has 3 N–H and O–H groups in total. The first-order valence-corrected chi connectivity index (χ1v) is 8.86. The van der Waals surface area contributed by atoms with Gasteiger partial charge in [0.05, 0.1) is 0 Å². The second-order valence-corrected chi connectivity index (χ2v) is 6.94. The first-order valence-electron chi connectivity index (χ1n) is 8.86. The summed E-state index contributed by atoms with van der Waals surface area (Å²) in [4.78, 5) is 35.8. The van der Waals surface area contributed by atoms with Crippen LogP contribution in [0.3, 0.4) is 0 Å². The number of carboxylic acids is 1. The Morgan fingerprint density at radius 2 is 1.88 bits per heavy atom. The summed E-state index contributed by atoms with van der Waals surface area (Å²) < 4.78 is 13.4. The van der Waals surface area contributed by atoms with Crippen LogP contribution in [-0.4, -0.2) is 28.9 Å². The summed E-state index contributed by atoms with van der Waals surface area (Å²) in [7, 11) is 0. The van der Waals surface area contributed by atoms with Crippen molar-refractivity contribution in [3.05, 3.63) is 35.1 Å². The molecule has 7 heteroatoms. The SMILES string of the molecule is Cc1cc(C(NC(=O)CC(C)NC(=O)C2CCCC2)C(=O)O)ccc1F. The molecule has 0 aromatic heterocycles. The van der Waals surface area contributed by atoms with Gasteiger partial charge in [0.2, 0.25) is 11.8 Å². The van der Waals surface area contributed by atoms with Crippen LogP contribution in [0.15, 0.2) is 18.2 Å². The van der Waals surface area contributed by atoms with E-state index in [1.54, 1.807) is 6.92 Å². The first kappa shape index (κ1) is 19.9. The largest absolute Gasteiger partial charge is 0.479 e. The standard InChI is InChI=1S/C19H25FN2O4/c1-11-9-14(7-8-15(11)20)17(19(25)26)22-16(23)10-12(2)21-18(24)13-5-3-4-6-13/h7-9,12-13,17H,3-6,10H2,1-2H3,(H,21,24)(H,22,23)(H,25,26). The van der Waals surface area contributed by atoms with Gasteiger partial charge in [-0.2, -0.15) is 0 Å². The van der Waals surface area contributed by atoms with Crippen LogP contribution in [0.5, 0.6) is 0 Å². The Hall–Kier alpha value is -2.44. The Morgan fingerprint density at radius 3 is 2.46 bits per heavy atom. The number of nitrogens with one attached hydrogen (secondary N) is 2. The van der Waals surface area contributed by atoms with E-state index in [9.17, 15) is 23.9 Å². The van der Waals surface area contributed by atoms with Crippen LogP contribution in [-0.2, 0) is 14.4 Å². The van der Waals surface area contributed by atoms with Crippen LogP contribution in [0, 0.1) is 18.7 Å². The van der Waals surface area contributed by atoms with Gasteiger partial charge in [-0.25, -0.2) is 9.18 Å². The lowest BCUT2D eigenvalue weighted by Gasteiger charge is -2.19. The smallest absolute Gasteiger partial charge is 0.330 e. The monoisotopic (exact) mass is 364 g/mol. The maximum atomic E-state index is 13.4. The molecular formula is C19H25FN2O4. The van der Waals surface area contributed by atoms with Gasteiger partial charge in [0, 0.05) is 18.4 Å². The molecule has 1 aliphatic rings. The predicted octanol–water partition coefficient (Wildman–Crippen LogP) is 2.46. The van der Waals surface area contributed by atoms with E-state index in [0.717, 1.165) is 25.7 Å². The molecular weight excluding hydrogens is 339 g/mol. The van der Waals surface area contributed by atoms with Gasteiger partial charge in [0.1, 0.15) is 5.82 Å². The lowest BCUT2D eigenvalue weighted by Crippen LogP contribution is -2.41. The summed E-state index contributed by atoms with van der Waals surface area (Å²) >= 11 is 0. The average molecular weight is 364 g/mol. The number of halogens is 1. The molecule has 142 valence electrons. The van der Waals surface area contributed by atoms with E-state index in [1.165, 1.54) is 25.1 Å². The normalized spacial score (nSPS) is 16.7. The number of carbonyl (C=O) groups excluding carboxylic acids is 2. The van der Waals surface area contributed by atoms with Crippen LogP contribution < -0.4 is 10.6 Å². The number of hydrogen-bond acceptors (Lipinski definition) is 3. The Kier molecular flexibility index (Phi) is 6.71. The fourth-order valence-corrected chi connectivity index (χ4v) is 3.23. The molecule has 0 bridgehead atoms. The summed E-state index contributed by atoms with van der Waals surface area (Å²) in [6, 6.07) is 2.26. The van der Waals surface area contributed by atoms with Gasteiger partial charge in [-0.1, -0.05) is 25.0 Å². The Labute approximate surface area is 152 Å². The second-order valence-electron chi connectivity index (χ2n) is 6.94. The Morgan fingerprint density at radius 1 is 1.23 bits per heavy atom. The first-order chi connectivity index (χ1) is 12.3. The van der Waals surface area contributed by atoms with E-state index in [1.807, 2.05) is 0 Å². The van der Waals surface area contributed by atoms with Crippen molar-refractivity contribution in [1.29, 1.82) is 0 Å². The van der Waals surface area contributed by atoms with Crippen molar-refractivity contribution >= 4 is 17.8 Å². The van der Waals surface area contributed by atoms with Gasteiger partial charge in [0.25, 0.3) is 0 Å². The summed E-state index contributed by atoms with van der Waals surface area (Å²) in [5.74, 6) is -2.20. The molecule has 1 saturated carbocycles. The van der Waals surface area contributed by atoms with Crippen molar-refractivity contribution in [1.82, 2.24) is 10.6 Å². The Balaban J connectivity index is 1.93. The van der Waals surface area contributed by atoms with E-state index in [0.29, 0.717) is 11.1 Å². The van der Waals surface area contributed by atoms with Gasteiger partial charge < -0.3 is 15.7 Å². The maximum Gasteiger partial charge on any atom is 0.330 e. The fraction of sp³-hybridized carbons (Fsp3) is 0.526. The van der Waals surface area contributed by atoms with Crippen molar-refractivity contribution in [2.75, 3.05) is 0 Å². The summed E-state index contributed by atoms with van der Waals surface area (Å²) in [6.07, 6.45) is 3.81. The molecule has 0 spiro atoms. The molecule has 1 aromatic rings. The minimum atomic E-state index is -1.26. The van der Waals surface area contributed by atoms with Crippen molar-refractivity contribution in [3.8, 4) is 0 Å². The fourth-order valence-electron chi connectivity index (χ4n) is 3.23. The topological polar surface area (TPSA) is 95.5 Å². The third kappa shape index (κ3) is 5.28. The zero-order valence-corrected chi connectivity index (χ0v) is 15.0. The van der Waals surface area contributed by atoms with Crippen LogP contribution in [0.4, 0.5) is 4.39 Å². The predicted molar refractivity (Wildman–Crippen MR) is 93.8 cm³/mol. The van der Waals surface area contributed by atoms with Gasteiger partial charge >= 0.3 is 5.97 Å². The highest BCUT2D eigenvalue weighted by Gasteiger charge is 2.26. The molecule has 6 nitrogen and oxygen atoms in total. The third-order valence-corrected chi connectivity index (χ3v) is 4.67. The highest BCUT2D eigenvalue weighted by atomic mass is 19.1. The molecule has 1 fully saturated rings. The number of amides is 2. The lowest BCUT2D eigenvalue weighted by molar-refractivity contribution is -0.142. The number of carbonyl (C=O) groups is 3. The van der Waals surface area contributed by atoms with Crippen molar-refractivity contribution in [2.45, 2.75) is 58.0 Å². The van der Waals surface area contributed by atoms with Gasteiger partial charge in [-0.05, 0) is 43.9 Å². The van der Waals surface area contributed by atoms with Crippen molar-refractivity contribution < 1.29 is 23.9 Å². The van der Waals surface area contributed by atoms with E-state index >= 15 is 0 Å². The van der Waals surface area contributed by atoms with Crippen molar-refractivity contribution in [2.24, 2.45) is 5.92 Å². The third-order valence-electron chi connectivity index (χ3n) is 4.67.